The molecule has 0 unspecified atom stereocenters. The summed E-state index contributed by atoms with van der Waals surface area (Å²) in [6, 6.07) is 0. The van der Waals surface area contributed by atoms with Crippen molar-refractivity contribution < 1.29 is 4.79 Å². The lowest BCUT2D eigenvalue weighted by atomic mass is 9.98. The average molecular weight is 335 g/mol. The molecule has 118 valence electrons. The minimum atomic E-state index is -0.0196. The summed E-state index contributed by atoms with van der Waals surface area (Å²) < 4.78 is 0. The van der Waals surface area contributed by atoms with Gasteiger partial charge in [-0.1, -0.05) is 20.8 Å². The van der Waals surface area contributed by atoms with E-state index in [1.807, 2.05) is 17.2 Å². The molecule has 0 radical (unpaired) electrons. The van der Waals surface area contributed by atoms with Gasteiger partial charge in [-0.15, -0.1) is 22.7 Å². The van der Waals surface area contributed by atoms with Crippen molar-refractivity contribution in [1.29, 1.82) is 0 Å². The molecule has 2 aromatic rings. The molecule has 3 heterocycles. The van der Waals surface area contributed by atoms with Crippen molar-refractivity contribution in [1.82, 2.24) is 9.97 Å². The number of aromatic nitrogens is 2. The van der Waals surface area contributed by atoms with Gasteiger partial charge in [0.2, 0.25) is 0 Å². The average Bonchev–Trinajstić information content (AvgIpc) is 3.01. The van der Waals surface area contributed by atoms with E-state index >= 15 is 0 Å². The Hall–Kier alpha value is -1.27. The number of hydrogen-bond acceptors (Lipinski definition) is 5. The molecule has 1 aliphatic heterocycles. The standard InChI is InChI=1S/C16H21N3OS2/c1-10-17-11-7-5-6-8-19(14(11)22-10)13(20)12-9-21-15(18-12)16(2,3)4/h9H,5-8H2,1-4H3. The third-order valence-electron chi connectivity index (χ3n) is 3.68. The lowest BCUT2D eigenvalue weighted by Crippen LogP contribution is -2.31. The maximum absolute atomic E-state index is 12.9. The first kappa shape index (κ1) is 15.6. The number of thiazole rings is 2. The smallest absolute Gasteiger partial charge is 0.278 e. The number of rotatable bonds is 1. The number of nitrogens with zero attached hydrogens (tertiary/aromatic N) is 3. The van der Waals surface area contributed by atoms with Crippen LogP contribution in [0.25, 0.3) is 0 Å². The Morgan fingerprint density at radius 1 is 1.27 bits per heavy atom. The van der Waals surface area contributed by atoms with Crippen LogP contribution < -0.4 is 4.90 Å². The van der Waals surface area contributed by atoms with Crippen LogP contribution in [0.2, 0.25) is 0 Å². The van der Waals surface area contributed by atoms with Gasteiger partial charge in [-0.25, -0.2) is 9.97 Å². The summed E-state index contributed by atoms with van der Waals surface area (Å²) in [4.78, 5) is 24.0. The Labute approximate surface area is 139 Å². The molecule has 6 heteroatoms. The first-order valence-corrected chi connectivity index (χ1v) is 9.30. The molecule has 3 rings (SSSR count). The monoisotopic (exact) mass is 335 g/mol. The van der Waals surface area contributed by atoms with Gasteiger partial charge in [-0.2, -0.15) is 0 Å². The van der Waals surface area contributed by atoms with Gasteiger partial charge in [0.15, 0.2) is 0 Å². The van der Waals surface area contributed by atoms with Gasteiger partial charge in [0.25, 0.3) is 5.91 Å². The number of carbonyl (C=O) groups is 1. The van der Waals surface area contributed by atoms with Crippen LogP contribution in [0.3, 0.4) is 0 Å². The Bertz CT molecular complexity index is 697. The Morgan fingerprint density at radius 3 is 2.73 bits per heavy atom. The van der Waals surface area contributed by atoms with Gasteiger partial charge in [0, 0.05) is 17.3 Å². The van der Waals surface area contributed by atoms with Crippen molar-refractivity contribution in [2.45, 2.75) is 52.4 Å². The van der Waals surface area contributed by atoms with Crippen molar-refractivity contribution in [3.63, 3.8) is 0 Å². The van der Waals surface area contributed by atoms with E-state index in [1.54, 1.807) is 22.7 Å². The molecule has 0 N–H and O–H groups in total. The maximum Gasteiger partial charge on any atom is 0.278 e. The maximum atomic E-state index is 12.9. The highest BCUT2D eigenvalue weighted by atomic mass is 32.1. The molecule has 0 saturated heterocycles. The number of hydrogen-bond donors (Lipinski definition) is 0. The quantitative estimate of drug-likeness (QED) is 0.785. The largest absolute Gasteiger partial charge is 0.297 e. The highest BCUT2D eigenvalue weighted by Crippen LogP contribution is 2.34. The molecular formula is C16H21N3OS2. The van der Waals surface area contributed by atoms with E-state index < -0.39 is 0 Å². The Kier molecular flexibility index (Phi) is 4.07. The van der Waals surface area contributed by atoms with Crippen molar-refractivity contribution >= 4 is 33.6 Å². The summed E-state index contributed by atoms with van der Waals surface area (Å²) in [6.45, 7) is 9.13. The van der Waals surface area contributed by atoms with Gasteiger partial charge >= 0.3 is 0 Å². The normalized spacial score (nSPS) is 15.5. The second kappa shape index (κ2) is 5.74. The van der Waals surface area contributed by atoms with Gasteiger partial charge in [0.05, 0.1) is 15.7 Å². The third-order valence-corrected chi connectivity index (χ3v) is 5.99. The molecular weight excluding hydrogens is 314 g/mol. The van der Waals surface area contributed by atoms with Crippen LogP contribution in [0.15, 0.2) is 5.38 Å². The first-order chi connectivity index (χ1) is 10.4. The molecule has 0 atom stereocenters. The van der Waals surface area contributed by atoms with E-state index in [0.717, 1.165) is 46.5 Å². The number of aryl methyl sites for hydroxylation is 2. The highest BCUT2D eigenvalue weighted by Gasteiger charge is 2.28. The molecule has 1 amide bonds. The van der Waals surface area contributed by atoms with E-state index in [2.05, 4.69) is 30.7 Å². The third kappa shape index (κ3) is 2.94. The topological polar surface area (TPSA) is 46.1 Å². The number of amides is 1. The van der Waals surface area contributed by atoms with Crippen LogP contribution in [0, 0.1) is 6.92 Å². The molecule has 0 aromatic carbocycles. The van der Waals surface area contributed by atoms with Crippen molar-refractivity contribution in [3.8, 4) is 0 Å². The predicted molar refractivity (Wildman–Crippen MR) is 92.3 cm³/mol. The van der Waals surface area contributed by atoms with E-state index in [1.165, 1.54) is 0 Å². The van der Waals surface area contributed by atoms with Gasteiger partial charge < -0.3 is 0 Å². The summed E-state index contributed by atoms with van der Waals surface area (Å²) in [5, 5.41) is 4.94. The van der Waals surface area contributed by atoms with E-state index in [4.69, 9.17) is 0 Å². The summed E-state index contributed by atoms with van der Waals surface area (Å²) in [5.74, 6) is 0.0125. The zero-order chi connectivity index (χ0) is 15.9. The molecule has 0 fully saturated rings. The van der Waals surface area contributed by atoms with E-state index in [-0.39, 0.29) is 11.3 Å². The van der Waals surface area contributed by atoms with Crippen LogP contribution in [-0.2, 0) is 11.8 Å². The van der Waals surface area contributed by atoms with Gasteiger partial charge in [-0.05, 0) is 26.2 Å². The lowest BCUT2D eigenvalue weighted by molar-refractivity contribution is 0.0983. The predicted octanol–water partition coefficient (Wildman–Crippen LogP) is 4.19. The summed E-state index contributed by atoms with van der Waals surface area (Å²) in [7, 11) is 0. The van der Waals surface area contributed by atoms with Crippen LogP contribution in [0.5, 0.6) is 0 Å². The second-order valence-electron chi connectivity index (χ2n) is 6.69. The zero-order valence-corrected chi connectivity index (χ0v) is 15.1. The number of anilines is 1. The lowest BCUT2D eigenvalue weighted by Gasteiger charge is -2.19. The van der Waals surface area contributed by atoms with Crippen molar-refractivity contribution in [2.24, 2.45) is 0 Å². The van der Waals surface area contributed by atoms with Crippen molar-refractivity contribution in [3.05, 3.63) is 26.8 Å². The molecule has 2 aromatic heterocycles. The zero-order valence-electron chi connectivity index (χ0n) is 13.5. The molecule has 22 heavy (non-hydrogen) atoms. The number of fused-ring (bicyclic) bond motifs is 1. The fourth-order valence-corrected chi connectivity index (χ4v) is 4.41. The summed E-state index contributed by atoms with van der Waals surface area (Å²) >= 11 is 3.19. The summed E-state index contributed by atoms with van der Waals surface area (Å²) in [6.07, 6.45) is 3.07. The SMILES string of the molecule is Cc1nc2c(s1)N(C(=O)c1csc(C(C)(C)C)n1)CCCC2. The molecule has 0 bridgehead atoms. The Morgan fingerprint density at radius 2 is 2.05 bits per heavy atom. The Balaban J connectivity index is 1.93. The fraction of sp³-hybridized carbons (Fsp3) is 0.562. The van der Waals surface area contributed by atoms with Crippen LogP contribution in [0.4, 0.5) is 5.00 Å². The van der Waals surface area contributed by atoms with E-state index in [9.17, 15) is 4.79 Å². The van der Waals surface area contributed by atoms with Crippen LogP contribution >= 0.6 is 22.7 Å². The van der Waals surface area contributed by atoms with Crippen molar-refractivity contribution in [2.75, 3.05) is 11.4 Å². The molecule has 0 aliphatic carbocycles. The highest BCUT2D eigenvalue weighted by molar-refractivity contribution is 7.16. The second-order valence-corrected chi connectivity index (χ2v) is 8.73. The molecule has 1 aliphatic rings. The molecule has 0 spiro atoms. The molecule has 0 saturated carbocycles. The van der Waals surface area contributed by atoms with Crippen LogP contribution in [0.1, 0.15) is 59.8 Å². The number of carbonyl (C=O) groups excluding carboxylic acids is 1. The summed E-state index contributed by atoms with van der Waals surface area (Å²) in [5.41, 5.74) is 1.61. The first-order valence-electron chi connectivity index (χ1n) is 7.60. The van der Waals surface area contributed by atoms with E-state index in [0.29, 0.717) is 5.69 Å². The minimum Gasteiger partial charge on any atom is -0.297 e. The van der Waals surface area contributed by atoms with Gasteiger partial charge in [-0.3, -0.25) is 9.69 Å². The fourth-order valence-electron chi connectivity index (χ4n) is 2.55. The minimum absolute atomic E-state index is 0.0125. The molecule has 4 nitrogen and oxygen atoms in total. The van der Waals surface area contributed by atoms with Gasteiger partial charge in [0.1, 0.15) is 10.7 Å². The van der Waals surface area contributed by atoms with Crippen LogP contribution in [-0.4, -0.2) is 22.4 Å².